The predicted octanol–water partition coefficient (Wildman–Crippen LogP) is 5.34. The Morgan fingerprint density at radius 3 is 2.74 bits per heavy atom. The molecule has 1 N–H and O–H groups in total. The van der Waals surface area contributed by atoms with Crippen LogP contribution >= 0.6 is 0 Å². The van der Waals surface area contributed by atoms with E-state index >= 15 is 0 Å². The van der Waals surface area contributed by atoms with Crippen LogP contribution in [0.2, 0.25) is 0 Å². The summed E-state index contributed by atoms with van der Waals surface area (Å²) in [5.74, 6) is 0.395. The molecule has 0 radical (unpaired) electrons. The molecule has 8 nitrogen and oxygen atoms in total. The maximum absolute atomic E-state index is 13.9. The minimum absolute atomic E-state index is 0.193. The second-order valence-electron chi connectivity index (χ2n) is 7.94. The van der Waals surface area contributed by atoms with Crippen LogP contribution in [0.15, 0.2) is 53.1 Å². The Bertz CT molecular complexity index is 1490. The first-order chi connectivity index (χ1) is 16.5. The monoisotopic (exact) mass is 464 g/mol. The molecule has 4 aromatic heterocycles. The van der Waals surface area contributed by atoms with Crippen LogP contribution in [-0.2, 0) is 17.9 Å². The third-order valence-corrected chi connectivity index (χ3v) is 5.56. The van der Waals surface area contributed by atoms with E-state index in [9.17, 15) is 13.6 Å². The van der Waals surface area contributed by atoms with Crippen LogP contribution in [0.5, 0.6) is 0 Å². The number of para-hydroxylation sites is 2. The minimum Gasteiger partial charge on any atom is -0.463 e. The highest BCUT2D eigenvalue weighted by atomic mass is 19.3. The van der Waals surface area contributed by atoms with E-state index in [-0.39, 0.29) is 34.7 Å². The molecule has 0 fully saturated rings. The van der Waals surface area contributed by atoms with Crippen molar-refractivity contribution in [2.45, 2.75) is 39.8 Å². The van der Waals surface area contributed by atoms with Gasteiger partial charge >= 0.3 is 0 Å². The van der Waals surface area contributed by atoms with Gasteiger partial charge in [0.25, 0.3) is 6.43 Å². The van der Waals surface area contributed by atoms with E-state index in [4.69, 9.17) is 4.42 Å². The molecule has 1 aromatic carbocycles. The van der Waals surface area contributed by atoms with Crippen molar-refractivity contribution in [3.63, 3.8) is 0 Å². The lowest BCUT2D eigenvalue weighted by Crippen LogP contribution is -2.22. The van der Waals surface area contributed by atoms with Crippen molar-refractivity contribution in [2.24, 2.45) is 0 Å². The van der Waals surface area contributed by atoms with Gasteiger partial charge in [0.2, 0.25) is 11.9 Å². The zero-order valence-electron chi connectivity index (χ0n) is 18.6. The number of carbonyl (C=O) groups excluding carboxylic acids is 1. The molecule has 0 unspecified atom stereocenters. The number of aryl methyl sites for hydroxylation is 2. The largest absolute Gasteiger partial charge is 0.463 e. The lowest BCUT2D eigenvalue weighted by molar-refractivity contribution is -0.116. The van der Waals surface area contributed by atoms with Crippen molar-refractivity contribution in [2.75, 3.05) is 5.32 Å². The van der Waals surface area contributed by atoms with Crippen molar-refractivity contribution < 1.29 is 18.0 Å². The second kappa shape index (κ2) is 8.69. The summed E-state index contributed by atoms with van der Waals surface area (Å²) in [6.45, 7) is 4.14. The molecule has 0 aliphatic rings. The van der Waals surface area contributed by atoms with Gasteiger partial charge in [0.05, 0.1) is 28.4 Å². The van der Waals surface area contributed by atoms with Crippen LogP contribution in [0.25, 0.3) is 33.5 Å². The molecule has 0 spiro atoms. The highest BCUT2D eigenvalue weighted by molar-refractivity contribution is 5.93. The van der Waals surface area contributed by atoms with Gasteiger partial charge in [-0.3, -0.25) is 10.1 Å². The molecule has 5 rings (SSSR count). The summed E-state index contributed by atoms with van der Waals surface area (Å²) in [6, 6.07) is 12.2. The number of fused-ring (bicyclic) bond motifs is 2. The molecule has 0 saturated carbocycles. The maximum atomic E-state index is 13.9. The number of hydrogen-bond acceptors (Lipinski definition) is 5. The lowest BCUT2D eigenvalue weighted by atomic mass is 10.1. The SMILES string of the molecule is CCCn1c(NC(=O)Cn2nc(C)c3c(C(F)F)cc(-c4ccco4)nc32)nc2ccccc21. The minimum atomic E-state index is -2.74. The molecule has 0 bridgehead atoms. The second-order valence-corrected chi connectivity index (χ2v) is 7.94. The van der Waals surface area contributed by atoms with Crippen molar-refractivity contribution in [1.82, 2.24) is 24.3 Å². The Kier molecular flexibility index (Phi) is 5.56. The molecule has 174 valence electrons. The Morgan fingerprint density at radius 1 is 1.18 bits per heavy atom. The first-order valence-corrected chi connectivity index (χ1v) is 10.9. The van der Waals surface area contributed by atoms with E-state index in [1.165, 1.54) is 17.0 Å². The van der Waals surface area contributed by atoms with Crippen LogP contribution in [0.1, 0.15) is 31.0 Å². The third-order valence-electron chi connectivity index (χ3n) is 5.56. The van der Waals surface area contributed by atoms with Gasteiger partial charge in [0, 0.05) is 12.1 Å². The average Bonchev–Trinajstić information content (AvgIpc) is 3.53. The topological polar surface area (TPSA) is 90.8 Å². The molecule has 5 aromatic rings. The zero-order valence-corrected chi connectivity index (χ0v) is 18.6. The van der Waals surface area contributed by atoms with Gasteiger partial charge < -0.3 is 8.98 Å². The van der Waals surface area contributed by atoms with Crippen LogP contribution in [0.4, 0.5) is 14.7 Å². The smallest absolute Gasteiger partial charge is 0.264 e. The maximum Gasteiger partial charge on any atom is 0.264 e. The molecule has 4 heterocycles. The molecular weight excluding hydrogens is 442 g/mol. The number of furan rings is 1. The van der Waals surface area contributed by atoms with Crippen LogP contribution in [0.3, 0.4) is 0 Å². The fourth-order valence-electron chi connectivity index (χ4n) is 4.14. The summed E-state index contributed by atoms with van der Waals surface area (Å²) >= 11 is 0. The van der Waals surface area contributed by atoms with Crippen molar-refractivity contribution in [1.29, 1.82) is 0 Å². The number of halogens is 2. The molecule has 0 atom stereocenters. The van der Waals surface area contributed by atoms with Crippen molar-refractivity contribution in [3.8, 4) is 11.5 Å². The number of pyridine rings is 1. The van der Waals surface area contributed by atoms with E-state index < -0.39 is 6.43 Å². The fraction of sp³-hybridized carbons (Fsp3) is 0.250. The van der Waals surface area contributed by atoms with E-state index in [2.05, 4.69) is 20.4 Å². The fourth-order valence-corrected chi connectivity index (χ4v) is 4.14. The Labute approximate surface area is 193 Å². The normalized spacial score (nSPS) is 11.7. The molecule has 0 aliphatic heterocycles. The Hall–Kier alpha value is -4.08. The number of rotatable bonds is 7. The Balaban J connectivity index is 1.51. The number of anilines is 1. The molecule has 1 amide bonds. The summed E-state index contributed by atoms with van der Waals surface area (Å²) in [7, 11) is 0. The van der Waals surface area contributed by atoms with Gasteiger partial charge in [-0.1, -0.05) is 19.1 Å². The van der Waals surface area contributed by atoms with Crippen molar-refractivity contribution >= 4 is 33.9 Å². The molecular formula is C24H22F2N6O2. The summed E-state index contributed by atoms with van der Waals surface area (Å²) in [5, 5.41) is 7.42. The van der Waals surface area contributed by atoms with Crippen LogP contribution in [0, 0.1) is 6.92 Å². The molecule has 10 heteroatoms. The summed E-state index contributed by atoms with van der Waals surface area (Å²) in [5.41, 5.74) is 2.31. The average molecular weight is 464 g/mol. The first-order valence-electron chi connectivity index (χ1n) is 10.9. The third kappa shape index (κ3) is 3.81. The van der Waals surface area contributed by atoms with E-state index in [1.807, 2.05) is 35.8 Å². The number of aromatic nitrogens is 5. The Morgan fingerprint density at radius 2 is 2.00 bits per heavy atom. The predicted molar refractivity (Wildman–Crippen MR) is 124 cm³/mol. The lowest BCUT2D eigenvalue weighted by Gasteiger charge is -2.10. The molecule has 0 aliphatic carbocycles. The summed E-state index contributed by atoms with van der Waals surface area (Å²) < 4.78 is 36.4. The highest BCUT2D eigenvalue weighted by Crippen LogP contribution is 2.33. The van der Waals surface area contributed by atoms with Gasteiger partial charge in [0.15, 0.2) is 11.4 Å². The standard InChI is InChI=1S/C24H22F2N6O2/c1-3-10-31-18-8-5-4-7-16(18)28-24(31)29-20(33)13-32-23-21(14(2)30-32)15(22(25)26)12-17(27-23)19-9-6-11-34-19/h4-9,11-12,22H,3,10,13H2,1-2H3,(H,28,29,33). The summed E-state index contributed by atoms with van der Waals surface area (Å²) in [6.07, 6.45) is -0.428. The number of benzene rings is 1. The van der Waals surface area contributed by atoms with Gasteiger partial charge in [-0.05, 0) is 43.7 Å². The highest BCUT2D eigenvalue weighted by Gasteiger charge is 2.23. The number of nitrogens with zero attached hydrogens (tertiary/aromatic N) is 5. The quantitative estimate of drug-likeness (QED) is 0.351. The van der Waals surface area contributed by atoms with E-state index in [1.54, 1.807) is 19.1 Å². The van der Waals surface area contributed by atoms with E-state index in [0.717, 1.165) is 17.5 Å². The molecule has 34 heavy (non-hydrogen) atoms. The van der Waals surface area contributed by atoms with Gasteiger partial charge in [-0.25, -0.2) is 23.4 Å². The summed E-state index contributed by atoms with van der Waals surface area (Å²) in [4.78, 5) is 22.0. The number of alkyl halides is 2. The number of imidazole rings is 1. The zero-order chi connectivity index (χ0) is 23.8. The first kappa shape index (κ1) is 21.7. The molecule has 0 saturated heterocycles. The number of hydrogen-bond donors (Lipinski definition) is 1. The number of amides is 1. The van der Waals surface area contributed by atoms with E-state index in [0.29, 0.717) is 23.9 Å². The van der Waals surface area contributed by atoms with Crippen LogP contribution < -0.4 is 5.32 Å². The van der Waals surface area contributed by atoms with Gasteiger partial charge in [0.1, 0.15) is 12.2 Å². The van der Waals surface area contributed by atoms with Crippen molar-refractivity contribution in [3.05, 3.63) is 60.0 Å². The van der Waals surface area contributed by atoms with Crippen LogP contribution in [-0.4, -0.2) is 30.2 Å². The number of carbonyl (C=O) groups is 1. The number of nitrogens with one attached hydrogen (secondary N) is 1. The van der Waals surface area contributed by atoms with Gasteiger partial charge in [-0.2, -0.15) is 5.10 Å². The van der Waals surface area contributed by atoms with Gasteiger partial charge in [-0.15, -0.1) is 0 Å².